The summed E-state index contributed by atoms with van der Waals surface area (Å²) < 4.78 is 14.0. The molecule has 1 unspecified atom stereocenters. The molecule has 0 heterocycles. The third kappa shape index (κ3) is 4.62. The number of rotatable bonds is 4. The number of Topliss-reactive ketones (excluding diaryl/α,β-unsaturated/α-hetero) is 1. The van der Waals surface area contributed by atoms with E-state index in [1.54, 1.807) is 13.8 Å². The Balaban J connectivity index is 4.14. The summed E-state index contributed by atoms with van der Waals surface area (Å²) in [7, 11) is -5.04. The van der Waals surface area contributed by atoms with E-state index in [0.29, 0.717) is 0 Å². The van der Waals surface area contributed by atoms with Crippen LogP contribution in [0.15, 0.2) is 0 Å². The molecule has 6 heteroatoms. The number of hydrogen-bond donors (Lipinski definition) is 0. The van der Waals surface area contributed by atoms with Gasteiger partial charge in [-0.2, -0.15) is 0 Å². The van der Waals surface area contributed by atoms with Crippen LogP contribution in [-0.2, 0) is 13.9 Å². The molecule has 0 saturated carbocycles. The summed E-state index contributed by atoms with van der Waals surface area (Å²) in [5.41, 5.74) is 0. The van der Waals surface area contributed by atoms with Crippen LogP contribution in [0.4, 0.5) is 0 Å². The van der Waals surface area contributed by atoms with Gasteiger partial charge in [0.25, 0.3) is 0 Å². The van der Waals surface area contributed by atoms with Crippen molar-refractivity contribution >= 4 is 13.6 Å². The topological polar surface area (TPSA) is 89.5 Å². The lowest BCUT2D eigenvalue weighted by molar-refractivity contribution is -0.343. The van der Waals surface area contributed by atoms with Crippen LogP contribution >= 0.6 is 7.82 Å². The fourth-order valence-electron chi connectivity index (χ4n) is 0.715. The molecular weight excluding hydrogens is 183 g/mol. The van der Waals surface area contributed by atoms with Crippen molar-refractivity contribution in [3.8, 4) is 0 Å². The molecule has 0 aromatic carbocycles. The smallest absolute Gasteiger partial charge is 0.164 e. The van der Waals surface area contributed by atoms with Crippen LogP contribution in [0, 0.1) is 5.92 Å². The van der Waals surface area contributed by atoms with Crippen LogP contribution in [0.25, 0.3) is 0 Å². The van der Waals surface area contributed by atoms with E-state index in [0.717, 1.165) is 0 Å². The van der Waals surface area contributed by atoms with Crippen LogP contribution < -0.4 is 9.79 Å². The molecule has 72 valence electrons. The minimum absolute atomic E-state index is 0.341. The van der Waals surface area contributed by atoms with Gasteiger partial charge in [0.15, 0.2) is 5.78 Å². The summed E-state index contributed by atoms with van der Waals surface area (Å²) >= 11 is 0. The van der Waals surface area contributed by atoms with Crippen molar-refractivity contribution < 1.29 is 23.7 Å². The zero-order chi connectivity index (χ0) is 9.94. The van der Waals surface area contributed by atoms with Gasteiger partial charge in [0.05, 0.1) is 7.82 Å². The molecule has 0 aromatic rings. The first-order chi connectivity index (χ1) is 5.24. The third-order valence-electron chi connectivity index (χ3n) is 1.26. The quantitative estimate of drug-likeness (QED) is 0.560. The molecule has 0 aromatic heterocycles. The largest absolute Gasteiger partial charge is 0.790 e. The summed E-state index contributed by atoms with van der Waals surface area (Å²) in [6, 6.07) is 0. The maximum absolute atomic E-state index is 11.0. The molecule has 0 bridgehead atoms. The van der Waals surface area contributed by atoms with Gasteiger partial charge in [-0.05, 0) is 6.92 Å². The average molecular weight is 194 g/mol. The van der Waals surface area contributed by atoms with Gasteiger partial charge in [0, 0.05) is 5.92 Å². The second-order valence-electron chi connectivity index (χ2n) is 2.75. The predicted octanol–water partition coefficient (Wildman–Crippen LogP) is -0.555. The van der Waals surface area contributed by atoms with Gasteiger partial charge in [0.2, 0.25) is 0 Å². The van der Waals surface area contributed by atoms with E-state index in [4.69, 9.17) is 0 Å². The van der Waals surface area contributed by atoms with E-state index >= 15 is 0 Å². The van der Waals surface area contributed by atoms with Crippen molar-refractivity contribution in [2.75, 3.05) is 0 Å². The van der Waals surface area contributed by atoms with Crippen molar-refractivity contribution in [2.45, 2.75) is 26.9 Å². The standard InChI is InChI=1S/C6H13O5P/c1-4(2)6(7)5(3)11-12(8,9)10/h4-5H,1-3H3,(H2,8,9,10)/p-2. The molecule has 0 aliphatic carbocycles. The maximum atomic E-state index is 11.0. The lowest BCUT2D eigenvalue weighted by Crippen LogP contribution is -2.29. The first-order valence-electron chi connectivity index (χ1n) is 3.48. The second kappa shape index (κ2) is 4.14. The summed E-state index contributed by atoms with van der Waals surface area (Å²) in [6.45, 7) is 4.44. The summed E-state index contributed by atoms with van der Waals surface area (Å²) in [5, 5.41) is 0. The van der Waals surface area contributed by atoms with Gasteiger partial charge in [-0.1, -0.05) is 13.8 Å². The van der Waals surface area contributed by atoms with Gasteiger partial charge in [-0.15, -0.1) is 0 Å². The van der Waals surface area contributed by atoms with Crippen molar-refractivity contribution in [3.05, 3.63) is 0 Å². The zero-order valence-corrected chi connectivity index (χ0v) is 8.04. The van der Waals surface area contributed by atoms with Crippen LogP contribution in [0.1, 0.15) is 20.8 Å². The Hall–Kier alpha value is -0.220. The lowest BCUT2D eigenvalue weighted by Gasteiger charge is -2.31. The molecule has 0 N–H and O–H groups in total. The Morgan fingerprint density at radius 1 is 1.33 bits per heavy atom. The fraction of sp³-hybridized carbons (Fsp3) is 0.833. The molecule has 1 atom stereocenters. The van der Waals surface area contributed by atoms with Crippen LogP contribution in [0.3, 0.4) is 0 Å². The van der Waals surface area contributed by atoms with Crippen LogP contribution in [0.5, 0.6) is 0 Å². The Labute approximate surface area is 71.0 Å². The van der Waals surface area contributed by atoms with E-state index in [1.165, 1.54) is 6.92 Å². The molecule has 0 fully saturated rings. The SMILES string of the molecule is CC(C)C(=O)C(C)OP(=O)([O-])[O-]. The summed E-state index contributed by atoms with van der Waals surface area (Å²) in [5.74, 6) is -0.742. The van der Waals surface area contributed by atoms with Gasteiger partial charge in [-0.3, -0.25) is 4.79 Å². The van der Waals surface area contributed by atoms with Gasteiger partial charge in [0.1, 0.15) is 6.10 Å². The Bertz CT molecular complexity index is 206. The number of phosphoric ester groups is 1. The van der Waals surface area contributed by atoms with Gasteiger partial charge in [-0.25, -0.2) is 0 Å². The van der Waals surface area contributed by atoms with Crippen molar-refractivity contribution in [2.24, 2.45) is 5.92 Å². The number of hydrogen-bond acceptors (Lipinski definition) is 5. The summed E-state index contributed by atoms with van der Waals surface area (Å²) in [6.07, 6.45) is -1.18. The fourth-order valence-corrected chi connectivity index (χ4v) is 1.21. The highest BCUT2D eigenvalue weighted by Gasteiger charge is 2.17. The summed E-state index contributed by atoms with van der Waals surface area (Å²) in [4.78, 5) is 31.1. The highest BCUT2D eigenvalue weighted by atomic mass is 31.2. The van der Waals surface area contributed by atoms with Gasteiger partial charge >= 0.3 is 0 Å². The number of phosphoric acid groups is 1. The molecule has 0 rings (SSSR count). The minimum Gasteiger partial charge on any atom is -0.790 e. The monoisotopic (exact) mass is 194 g/mol. The third-order valence-corrected chi connectivity index (χ3v) is 1.83. The molecule has 0 spiro atoms. The van der Waals surface area contributed by atoms with Gasteiger partial charge < -0.3 is 18.9 Å². The number of carbonyl (C=O) groups is 1. The van der Waals surface area contributed by atoms with E-state index < -0.39 is 19.7 Å². The van der Waals surface area contributed by atoms with Crippen molar-refractivity contribution in [3.63, 3.8) is 0 Å². The van der Waals surface area contributed by atoms with E-state index in [9.17, 15) is 19.1 Å². The first kappa shape index (κ1) is 11.8. The molecule has 0 aliphatic rings. The first-order valence-corrected chi connectivity index (χ1v) is 4.94. The molecule has 0 aliphatic heterocycles. The van der Waals surface area contributed by atoms with Crippen LogP contribution in [0.2, 0.25) is 0 Å². The number of carbonyl (C=O) groups excluding carboxylic acids is 1. The Morgan fingerprint density at radius 2 is 1.75 bits per heavy atom. The Kier molecular flexibility index (Phi) is 4.06. The lowest BCUT2D eigenvalue weighted by atomic mass is 10.1. The molecular formula is C6H11O5P-2. The highest BCUT2D eigenvalue weighted by molar-refractivity contribution is 7.43. The minimum atomic E-state index is -5.04. The van der Waals surface area contributed by atoms with Crippen molar-refractivity contribution in [1.82, 2.24) is 0 Å². The molecule has 0 radical (unpaired) electrons. The van der Waals surface area contributed by atoms with E-state index in [-0.39, 0.29) is 5.92 Å². The van der Waals surface area contributed by atoms with Crippen molar-refractivity contribution in [1.29, 1.82) is 0 Å². The zero-order valence-electron chi connectivity index (χ0n) is 7.14. The predicted molar refractivity (Wildman–Crippen MR) is 38.0 cm³/mol. The van der Waals surface area contributed by atoms with E-state index in [1.807, 2.05) is 0 Å². The Morgan fingerprint density at radius 3 is 2.00 bits per heavy atom. The van der Waals surface area contributed by atoms with E-state index in [2.05, 4.69) is 4.52 Å². The van der Waals surface area contributed by atoms with Crippen LogP contribution in [-0.4, -0.2) is 11.9 Å². The molecule has 5 nitrogen and oxygen atoms in total. The second-order valence-corrected chi connectivity index (χ2v) is 3.86. The highest BCUT2D eigenvalue weighted by Crippen LogP contribution is 2.27. The molecule has 0 amide bonds. The normalized spacial score (nSPS) is 14.8. The maximum Gasteiger partial charge on any atom is 0.164 e. The number of ketones is 1. The molecule has 0 saturated heterocycles. The molecule has 12 heavy (non-hydrogen) atoms. The average Bonchev–Trinajstić information content (AvgIpc) is 1.82.